The summed E-state index contributed by atoms with van der Waals surface area (Å²) in [6.45, 7) is 2.09. The Morgan fingerprint density at radius 2 is 1.45 bits per heavy atom. The van der Waals surface area contributed by atoms with Gasteiger partial charge < -0.3 is 0 Å². The minimum atomic E-state index is -0.172. The van der Waals surface area contributed by atoms with E-state index in [4.69, 9.17) is 0 Å². The van der Waals surface area contributed by atoms with Gasteiger partial charge in [-0.1, -0.05) is 70.5 Å². The molecule has 1 unspecified atom stereocenters. The second-order valence-electron chi connectivity index (χ2n) is 4.90. The summed E-state index contributed by atoms with van der Waals surface area (Å²) in [5.74, 6) is -0.172. The van der Waals surface area contributed by atoms with Crippen molar-refractivity contribution >= 4 is 26.7 Å². The van der Waals surface area contributed by atoms with Crippen LogP contribution in [0.2, 0.25) is 0 Å². The lowest BCUT2D eigenvalue weighted by Gasteiger charge is -2.16. The van der Waals surface area contributed by atoms with Gasteiger partial charge in [-0.05, 0) is 35.1 Å². The zero-order chi connectivity index (χ0) is 14.1. The predicted molar refractivity (Wildman–Crippen MR) is 85.9 cm³/mol. The van der Waals surface area contributed by atoms with Crippen molar-refractivity contribution in [1.29, 1.82) is 0 Å². The molecule has 0 radical (unpaired) electrons. The number of fused-ring (bicyclic) bond motifs is 1. The van der Waals surface area contributed by atoms with Crippen LogP contribution >= 0.6 is 15.9 Å². The highest BCUT2D eigenvalue weighted by Gasteiger charge is 2.16. The number of alkyl halides is 1. The van der Waals surface area contributed by atoms with Gasteiger partial charge in [0.2, 0.25) is 0 Å². The molecule has 3 aromatic rings. The lowest BCUT2D eigenvalue weighted by atomic mass is 9.96. The van der Waals surface area contributed by atoms with Gasteiger partial charge in [-0.2, -0.15) is 0 Å². The molecule has 0 saturated heterocycles. The third-order valence-corrected chi connectivity index (χ3v) is 4.63. The third kappa shape index (κ3) is 2.25. The van der Waals surface area contributed by atoms with E-state index in [-0.39, 0.29) is 10.6 Å². The zero-order valence-electron chi connectivity index (χ0n) is 11.1. The summed E-state index contributed by atoms with van der Waals surface area (Å²) in [6, 6.07) is 19.3. The summed E-state index contributed by atoms with van der Waals surface area (Å²) >= 11 is 3.77. The Labute approximate surface area is 126 Å². The van der Waals surface area contributed by atoms with Crippen LogP contribution in [-0.4, -0.2) is 0 Å². The average Bonchev–Trinajstić information content (AvgIpc) is 2.48. The van der Waals surface area contributed by atoms with Crippen LogP contribution < -0.4 is 0 Å². The number of aryl methyl sites for hydroxylation is 1. The van der Waals surface area contributed by atoms with Crippen molar-refractivity contribution in [2.75, 3.05) is 0 Å². The van der Waals surface area contributed by atoms with Crippen LogP contribution in [0.5, 0.6) is 0 Å². The van der Waals surface area contributed by atoms with Crippen molar-refractivity contribution < 1.29 is 4.39 Å². The van der Waals surface area contributed by atoms with Crippen molar-refractivity contribution in [3.8, 4) is 0 Å². The maximum Gasteiger partial charge on any atom is 0.131 e. The van der Waals surface area contributed by atoms with Crippen LogP contribution in [0.15, 0.2) is 60.7 Å². The molecule has 0 aliphatic carbocycles. The Hall–Kier alpha value is -1.67. The number of benzene rings is 3. The van der Waals surface area contributed by atoms with Gasteiger partial charge in [0, 0.05) is 5.39 Å². The van der Waals surface area contributed by atoms with Crippen LogP contribution in [0.4, 0.5) is 4.39 Å². The zero-order valence-corrected chi connectivity index (χ0v) is 12.7. The molecule has 0 amide bonds. The molecule has 1 atom stereocenters. The Balaban J connectivity index is 2.20. The number of rotatable bonds is 2. The molecule has 0 nitrogen and oxygen atoms in total. The summed E-state index contributed by atoms with van der Waals surface area (Å²) < 4.78 is 13.9. The van der Waals surface area contributed by atoms with Gasteiger partial charge in [0.1, 0.15) is 5.82 Å². The van der Waals surface area contributed by atoms with Crippen molar-refractivity contribution in [3.63, 3.8) is 0 Å². The average molecular weight is 329 g/mol. The standard InChI is InChI=1S/C18H14BrF/c1-12-6-2-3-7-13(12)18(19)16-10-11-17(20)15-9-5-4-8-14(15)16/h2-11,18H,1H3. The number of hydrogen-bond donors (Lipinski definition) is 0. The van der Waals surface area contributed by atoms with E-state index in [1.165, 1.54) is 11.1 Å². The normalized spacial score (nSPS) is 12.6. The van der Waals surface area contributed by atoms with E-state index in [1.807, 2.05) is 42.5 Å². The monoisotopic (exact) mass is 328 g/mol. The fraction of sp³-hybridized carbons (Fsp3) is 0.111. The highest BCUT2D eigenvalue weighted by Crippen LogP contribution is 2.37. The summed E-state index contributed by atoms with van der Waals surface area (Å²) in [4.78, 5) is 0.0641. The molecule has 0 aliphatic heterocycles. The number of hydrogen-bond acceptors (Lipinski definition) is 0. The minimum Gasteiger partial charge on any atom is -0.206 e. The highest BCUT2D eigenvalue weighted by atomic mass is 79.9. The van der Waals surface area contributed by atoms with E-state index in [0.29, 0.717) is 5.39 Å². The van der Waals surface area contributed by atoms with E-state index in [0.717, 1.165) is 10.9 Å². The molecule has 2 heteroatoms. The van der Waals surface area contributed by atoms with Gasteiger partial charge in [0.15, 0.2) is 0 Å². The quantitative estimate of drug-likeness (QED) is 0.524. The predicted octanol–water partition coefficient (Wildman–Crippen LogP) is 5.77. The van der Waals surface area contributed by atoms with E-state index < -0.39 is 0 Å². The molecule has 0 bridgehead atoms. The van der Waals surface area contributed by atoms with E-state index >= 15 is 0 Å². The van der Waals surface area contributed by atoms with E-state index in [1.54, 1.807) is 6.07 Å². The third-order valence-electron chi connectivity index (χ3n) is 3.64. The van der Waals surface area contributed by atoms with Gasteiger partial charge in [-0.15, -0.1) is 0 Å². The van der Waals surface area contributed by atoms with Gasteiger partial charge >= 0.3 is 0 Å². The molecule has 0 heterocycles. The van der Waals surface area contributed by atoms with E-state index in [9.17, 15) is 4.39 Å². The van der Waals surface area contributed by atoms with Crippen molar-refractivity contribution in [1.82, 2.24) is 0 Å². The SMILES string of the molecule is Cc1ccccc1C(Br)c1ccc(F)c2ccccc12. The van der Waals surface area contributed by atoms with Crippen molar-refractivity contribution in [2.24, 2.45) is 0 Å². The first-order chi connectivity index (χ1) is 9.68. The Kier molecular flexibility index (Phi) is 3.58. The Morgan fingerprint density at radius 3 is 2.20 bits per heavy atom. The minimum absolute atomic E-state index is 0.0641. The smallest absolute Gasteiger partial charge is 0.131 e. The Bertz CT molecular complexity index is 764. The first-order valence-electron chi connectivity index (χ1n) is 6.55. The second kappa shape index (κ2) is 5.37. The van der Waals surface area contributed by atoms with Crippen LogP contribution in [0, 0.1) is 12.7 Å². The Morgan fingerprint density at radius 1 is 0.800 bits per heavy atom. The molecule has 0 aromatic heterocycles. The summed E-state index contributed by atoms with van der Waals surface area (Å²) in [5, 5.41) is 1.63. The molecule has 0 saturated carbocycles. The fourth-order valence-corrected chi connectivity index (χ4v) is 3.46. The van der Waals surface area contributed by atoms with Crippen LogP contribution in [-0.2, 0) is 0 Å². The molecule has 0 spiro atoms. The molecule has 3 aromatic carbocycles. The molecule has 0 aliphatic rings. The molecule has 3 rings (SSSR count). The lowest BCUT2D eigenvalue weighted by Crippen LogP contribution is -1.97. The molecular weight excluding hydrogens is 315 g/mol. The van der Waals surface area contributed by atoms with Crippen LogP contribution in [0.3, 0.4) is 0 Å². The van der Waals surface area contributed by atoms with Crippen LogP contribution in [0.1, 0.15) is 21.5 Å². The molecule has 0 N–H and O–H groups in total. The maximum absolute atomic E-state index is 13.9. The van der Waals surface area contributed by atoms with Crippen LogP contribution in [0.25, 0.3) is 10.8 Å². The summed E-state index contributed by atoms with van der Waals surface area (Å²) in [5.41, 5.74) is 3.53. The van der Waals surface area contributed by atoms with Gasteiger partial charge in [0.05, 0.1) is 4.83 Å². The first-order valence-corrected chi connectivity index (χ1v) is 7.47. The van der Waals surface area contributed by atoms with Crippen molar-refractivity contribution in [2.45, 2.75) is 11.8 Å². The molecular formula is C18H14BrF. The molecule has 20 heavy (non-hydrogen) atoms. The fourth-order valence-electron chi connectivity index (χ4n) is 2.55. The summed E-state index contributed by atoms with van der Waals surface area (Å²) in [6.07, 6.45) is 0. The molecule has 100 valence electrons. The maximum atomic E-state index is 13.9. The van der Waals surface area contributed by atoms with E-state index in [2.05, 4.69) is 35.0 Å². The topological polar surface area (TPSA) is 0 Å². The number of halogens is 2. The summed E-state index contributed by atoms with van der Waals surface area (Å²) in [7, 11) is 0. The van der Waals surface area contributed by atoms with Gasteiger partial charge in [-0.25, -0.2) is 4.39 Å². The van der Waals surface area contributed by atoms with Crippen molar-refractivity contribution in [3.05, 3.63) is 83.2 Å². The van der Waals surface area contributed by atoms with Gasteiger partial charge in [-0.3, -0.25) is 0 Å². The largest absolute Gasteiger partial charge is 0.206 e. The first kappa shape index (κ1) is 13.3. The van der Waals surface area contributed by atoms with Gasteiger partial charge in [0.25, 0.3) is 0 Å². The highest BCUT2D eigenvalue weighted by molar-refractivity contribution is 9.09. The molecule has 0 fully saturated rings. The second-order valence-corrected chi connectivity index (χ2v) is 5.82. The lowest BCUT2D eigenvalue weighted by molar-refractivity contribution is 0.639.